The maximum absolute atomic E-state index is 13.0. The molecule has 0 atom stereocenters. The van der Waals surface area contributed by atoms with Crippen molar-refractivity contribution in [3.63, 3.8) is 0 Å². The van der Waals surface area contributed by atoms with Gasteiger partial charge in [0.05, 0.1) is 23.5 Å². The molecule has 8 nitrogen and oxygen atoms in total. The smallest absolute Gasteiger partial charge is 0.280 e. The first-order valence-corrected chi connectivity index (χ1v) is 10.2. The molecule has 0 saturated carbocycles. The van der Waals surface area contributed by atoms with Crippen molar-refractivity contribution in [1.29, 1.82) is 0 Å². The Bertz CT molecular complexity index is 1160. The molecular formula is C20H21ClN4O4S. The molecule has 158 valence electrons. The van der Waals surface area contributed by atoms with Crippen LogP contribution in [0.3, 0.4) is 0 Å². The van der Waals surface area contributed by atoms with Gasteiger partial charge in [0.1, 0.15) is 12.4 Å². The van der Waals surface area contributed by atoms with Crippen molar-refractivity contribution in [2.45, 2.75) is 27.4 Å². The topological polar surface area (TPSA) is 86.6 Å². The van der Waals surface area contributed by atoms with Crippen molar-refractivity contribution >= 4 is 28.8 Å². The molecule has 0 aliphatic heterocycles. The lowest BCUT2D eigenvalue weighted by atomic mass is 10.1. The summed E-state index contributed by atoms with van der Waals surface area (Å²) in [6, 6.07) is 5.03. The molecule has 1 aromatic carbocycles. The van der Waals surface area contributed by atoms with Crippen LogP contribution in [0.25, 0.3) is 5.69 Å². The summed E-state index contributed by atoms with van der Waals surface area (Å²) in [5.74, 6) is 0.0775. The van der Waals surface area contributed by atoms with Crippen LogP contribution in [-0.4, -0.2) is 39.7 Å². The van der Waals surface area contributed by atoms with Crippen LogP contribution in [0.5, 0.6) is 5.88 Å². The van der Waals surface area contributed by atoms with E-state index in [1.165, 1.54) is 30.1 Å². The number of rotatable bonds is 6. The fourth-order valence-electron chi connectivity index (χ4n) is 2.83. The van der Waals surface area contributed by atoms with Crippen molar-refractivity contribution < 1.29 is 14.4 Å². The molecular weight excluding hydrogens is 428 g/mol. The van der Waals surface area contributed by atoms with E-state index in [1.54, 1.807) is 25.1 Å². The second kappa shape index (κ2) is 8.95. The monoisotopic (exact) mass is 448 g/mol. The molecule has 2 heterocycles. The number of halogens is 1. The van der Waals surface area contributed by atoms with Crippen molar-refractivity contribution in [1.82, 2.24) is 19.6 Å². The summed E-state index contributed by atoms with van der Waals surface area (Å²) in [5, 5.41) is 3.76. The van der Waals surface area contributed by atoms with Gasteiger partial charge in [-0.3, -0.25) is 19.0 Å². The van der Waals surface area contributed by atoms with Crippen molar-refractivity contribution in [2.75, 3.05) is 14.2 Å². The highest BCUT2D eigenvalue weighted by Crippen LogP contribution is 2.23. The van der Waals surface area contributed by atoms with Gasteiger partial charge in [-0.25, -0.2) is 10.0 Å². The van der Waals surface area contributed by atoms with Crippen LogP contribution in [0.1, 0.15) is 32.4 Å². The fourth-order valence-corrected chi connectivity index (χ4v) is 3.61. The number of thiazole rings is 1. The number of nitrogens with zero attached hydrogens (tertiary/aromatic N) is 4. The van der Waals surface area contributed by atoms with E-state index in [-0.39, 0.29) is 23.4 Å². The molecule has 0 spiro atoms. The molecule has 0 radical (unpaired) electrons. The van der Waals surface area contributed by atoms with E-state index < -0.39 is 5.56 Å². The van der Waals surface area contributed by atoms with Crippen LogP contribution in [0.15, 0.2) is 28.4 Å². The second-order valence-electron chi connectivity index (χ2n) is 6.55. The van der Waals surface area contributed by atoms with Crippen LogP contribution < -0.4 is 10.3 Å². The van der Waals surface area contributed by atoms with Gasteiger partial charge in [-0.15, -0.1) is 11.3 Å². The third-order valence-electron chi connectivity index (χ3n) is 4.45. The maximum Gasteiger partial charge on any atom is 0.280 e. The van der Waals surface area contributed by atoms with Gasteiger partial charge < -0.3 is 4.74 Å². The predicted octanol–water partition coefficient (Wildman–Crippen LogP) is 3.48. The van der Waals surface area contributed by atoms with Gasteiger partial charge in [-0.2, -0.15) is 4.98 Å². The highest BCUT2D eigenvalue weighted by atomic mass is 35.5. The molecule has 0 saturated heterocycles. The number of hydroxylamine groups is 2. The molecule has 10 heteroatoms. The molecule has 0 aliphatic carbocycles. The van der Waals surface area contributed by atoms with Crippen LogP contribution >= 0.6 is 22.9 Å². The summed E-state index contributed by atoms with van der Waals surface area (Å²) in [7, 11) is 2.91. The van der Waals surface area contributed by atoms with Crippen molar-refractivity contribution in [3.8, 4) is 11.6 Å². The minimum atomic E-state index is -0.485. The lowest BCUT2D eigenvalue weighted by Crippen LogP contribution is -2.27. The zero-order valence-corrected chi connectivity index (χ0v) is 18.8. The number of aryl methyl sites for hydroxylation is 3. The summed E-state index contributed by atoms with van der Waals surface area (Å²) in [6.45, 7) is 5.56. The van der Waals surface area contributed by atoms with E-state index in [0.717, 1.165) is 21.3 Å². The quantitative estimate of drug-likeness (QED) is 0.536. The van der Waals surface area contributed by atoms with E-state index in [4.69, 9.17) is 21.2 Å². The standard InChI is InChI=1S/C20H21ClN4O4S/c1-11-6-7-14(19(26)24(4)28-5)8-16(11)25-12(2)22-18(17(21)20(25)27)29-9-15-10-30-13(3)23-15/h6-8,10H,9H2,1-5H3. The number of benzene rings is 1. The van der Waals surface area contributed by atoms with Gasteiger partial charge in [0, 0.05) is 18.0 Å². The molecule has 3 aromatic rings. The number of aromatic nitrogens is 3. The van der Waals surface area contributed by atoms with Gasteiger partial charge in [-0.05, 0) is 38.5 Å². The summed E-state index contributed by atoms with van der Waals surface area (Å²) < 4.78 is 7.00. The number of ether oxygens (including phenoxy) is 1. The predicted molar refractivity (Wildman–Crippen MR) is 115 cm³/mol. The number of amides is 1. The Morgan fingerprint density at radius 3 is 2.63 bits per heavy atom. The lowest BCUT2D eigenvalue weighted by molar-refractivity contribution is -0.0756. The highest BCUT2D eigenvalue weighted by Gasteiger charge is 2.19. The van der Waals surface area contributed by atoms with Crippen molar-refractivity contribution in [3.05, 3.63) is 66.6 Å². The molecule has 0 N–H and O–H groups in total. The Kier molecular flexibility index (Phi) is 6.55. The minimum absolute atomic E-state index is 0.0464. The van der Waals surface area contributed by atoms with Gasteiger partial charge in [-0.1, -0.05) is 17.7 Å². The summed E-state index contributed by atoms with van der Waals surface area (Å²) in [6.07, 6.45) is 0. The number of carbonyl (C=O) groups excluding carboxylic acids is 1. The zero-order chi connectivity index (χ0) is 22.0. The third-order valence-corrected chi connectivity index (χ3v) is 5.59. The van der Waals surface area contributed by atoms with Crippen LogP contribution in [0, 0.1) is 20.8 Å². The molecule has 0 fully saturated rings. The van der Waals surface area contributed by atoms with Gasteiger partial charge in [0.15, 0.2) is 5.02 Å². The fraction of sp³-hybridized carbons (Fsp3) is 0.300. The van der Waals surface area contributed by atoms with E-state index in [1.807, 2.05) is 19.2 Å². The Morgan fingerprint density at radius 2 is 2.00 bits per heavy atom. The van der Waals surface area contributed by atoms with Crippen LogP contribution in [0.4, 0.5) is 0 Å². The van der Waals surface area contributed by atoms with Gasteiger partial charge >= 0.3 is 0 Å². The van der Waals surface area contributed by atoms with E-state index >= 15 is 0 Å². The molecule has 0 unspecified atom stereocenters. The first-order valence-electron chi connectivity index (χ1n) is 8.99. The van der Waals surface area contributed by atoms with Crippen LogP contribution in [0.2, 0.25) is 5.02 Å². The van der Waals surface area contributed by atoms with Gasteiger partial charge in [0.25, 0.3) is 11.5 Å². The number of carbonyl (C=O) groups is 1. The average Bonchev–Trinajstić information content (AvgIpc) is 3.15. The zero-order valence-electron chi connectivity index (χ0n) is 17.2. The van der Waals surface area contributed by atoms with Crippen LogP contribution in [-0.2, 0) is 11.4 Å². The largest absolute Gasteiger partial charge is 0.470 e. The Hall–Kier alpha value is -2.75. The van der Waals surface area contributed by atoms with E-state index in [0.29, 0.717) is 17.1 Å². The molecule has 0 aliphatic rings. The summed E-state index contributed by atoms with van der Waals surface area (Å²) >= 11 is 7.79. The number of hydrogen-bond donors (Lipinski definition) is 0. The third kappa shape index (κ3) is 4.38. The summed E-state index contributed by atoms with van der Waals surface area (Å²) in [4.78, 5) is 39.1. The average molecular weight is 449 g/mol. The second-order valence-corrected chi connectivity index (χ2v) is 7.99. The molecule has 2 aromatic heterocycles. The first-order chi connectivity index (χ1) is 14.2. The maximum atomic E-state index is 13.0. The summed E-state index contributed by atoms with van der Waals surface area (Å²) in [5.41, 5.74) is 1.90. The molecule has 0 bridgehead atoms. The normalized spacial score (nSPS) is 10.9. The van der Waals surface area contributed by atoms with E-state index in [2.05, 4.69) is 9.97 Å². The molecule has 3 rings (SSSR count). The molecule has 1 amide bonds. The van der Waals surface area contributed by atoms with Gasteiger partial charge in [0.2, 0.25) is 5.88 Å². The minimum Gasteiger partial charge on any atom is -0.470 e. The first kappa shape index (κ1) is 21.9. The number of hydrogen-bond acceptors (Lipinski definition) is 7. The Balaban J connectivity index is 2.00. The lowest BCUT2D eigenvalue weighted by Gasteiger charge is -2.17. The Labute approximate surface area is 182 Å². The SMILES string of the molecule is CON(C)C(=O)c1ccc(C)c(-n2c(C)nc(OCc3csc(C)n3)c(Cl)c2=O)c1. The molecule has 30 heavy (non-hydrogen) atoms. The Morgan fingerprint density at radius 1 is 1.27 bits per heavy atom. The van der Waals surface area contributed by atoms with E-state index in [9.17, 15) is 9.59 Å². The highest BCUT2D eigenvalue weighted by molar-refractivity contribution is 7.09. The van der Waals surface area contributed by atoms with Crippen molar-refractivity contribution in [2.24, 2.45) is 0 Å².